The van der Waals surface area contributed by atoms with Crippen molar-refractivity contribution in [2.45, 2.75) is 237 Å². The Hall–Kier alpha value is -4.96. The van der Waals surface area contributed by atoms with E-state index in [1.165, 1.54) is 14.0 Å². The minimum atomic E-state index is -1.88. The Morgan fingerprint density at radius 3 is 1.88 bits per heavy atom. The first-order valence-corrected chi connectivity index (χ1v) is 28.0. The van der Waals surface area contributed by atoms with Gasteiger partial charge in [0, 0.05) is 51.2 Å². The van der Waals surface area contributed by atoms with E-state index in [1.807, 2.05) is 27.8 Å². The first-order valence-electron chi connectivity index (χ1n) is 28.0. The molecule has 4 aliphatic rings. The second-order valence-corrected chi connectivity index (χ2v) is 26.8. The lowest BCUT2D eigenvalue weighted by molar-refractivity contribution is -0.305. The molecule has 466 valence electrons. The van der Waals surface area contributed by atoms with Crippen molar-refractivity contribution in [2.75, 3.05) is 60.0 Å². The van der Waals surface area contributed by atoms with E-state index in [0.29, 0.717) is 38.4 Å². The highest BCUT2D eigenvalue weighted by molar-refractivity contribution is 5.81. The number of aliphatic hydroxyl groups excluding tert-OH is 3. The highest BCUT2D eigenvalue weighted by Crippen LogP contribution is 2.39. The molecule has 1 aliphatic carbocycles. The van der Waals surface area contributed by atoms with Crippen LogP contribution in [0.2, 0.25) is 0 Å². The number of rotatable bonds is 16. The maximum Gasteiger partial charge on any atom is 0.410 e. The number of alkyl carbamates (subject to hydrolysis) is 3. The van der Waals surface area contributed by atoms with Gasteiger partial charge in [-0.05, 0) is 156 Å². The number of nitrogens with zero attached hydrogens (tertiary/aromatic N) is 3. The maximum absolute atomic E-state index is 14.1. The molecular formula is C55H98N8O18. The zero-order valence-corrected chi connectivity index (χ0v) is 51.1. The Balaban J connectivity index is 1.75. The van der Waals surface area contributed by atoms with Crippen molar-refractivity contribution < 1.29 is 87.1 Å². The lowest BCUT2D eigenvalue weighted by Gasteiger charge is -2.52. The summed E-state index contributed by atoms with van der Waals surface area (Å²) in [5.74, 6) is -1.82. The topological polar surface area (TPSA) is 327 Å². The summed E-state index contributed by atoms with van der Waals surface area (Å²) in [4.78, 5) is 85.4. The molecule has 0 aromatic rings. The Morgan fingerprint density at radius 1 is 0.753 bits per heavy atom. The maximum atomic E-state index is 14.1. The van der Waals surface area contributed by atoms with Crippen LogP contribution in [0.3, 0.4) is 0 Å². The van der Waals surface area contributed by atoms with Crippen molar-refractivity contribution in [2.24, 2.45) is 5.92 Å². The molecule has 3 fully saturated rings. The van der Waals surface area contributed by atoms with E-state index in [4.69, 9.17) is 37.9 Å². The fourth-order valence-electron chi connectivity index (χ4n) is 9.96. The average molecular weight is 1160 g/mol. The van der Waals surface area contributed by atoms with E-state index in [1.54, 1.807) is 94.1 Å². The van der Waals surface area contributed by atoms with Crippen LogP contribution < -0.4 is 26.6 Å². The Morgan fingerprint density at radius 2 is 1.31 bits per heavy atom. The first-order chi connectivity index (χ1) is 37.0. The van der Waals surface area contributed by atoms with Crippen molar-refractivity contribution in [3.8, 4) is 0 Å². The van der Waals surface area contributed by atoms with E-state index in [9.17, 15) is 49.2 Å². The van der Waals surface area contributed by atoms with Crippen LogP contribution in [0.15, 0.2) is 11.8 Å². The van der Waals surface area contributed by atoms with Gasteiger partial charge >= 0.3 is 30.5 Å². The zero-order chi connectivity index (χ0) is 61.4. The smallest absolute Gasteiger partial charge is 0.410 e. The predicted octanol–water partition coefficient (Wildman–Crippen LogP) is 3.21. The van der Waals surface area contributed by atoms with Crippen LogP contribution in [-0.2, 0) is 42.7 Å². The van der Waals surface area contributed by atoms with Gasteiger partial charge in [-0.15, -0.1) is 0 Å². The number of hydrogen-bond acceptors (Lipinski definition) is 20. The summed E-state index contributed by atoms with van der Waals surface area (Å²) in [5, 5.41) is 62.5. The predicted molar refractivity (Wildman–Crippen MR) is 296 cm³/mol. The number of carbonyl (C=O) groups excluding carboxylic acids is 6. The molecule has 6 amide bonds. The van der Waals surface area contributed by atoms with Gasteiger partial charge in [0.2, 0.25) is 5.91 Å². The third-order valence-electron chi connectivity index (χ3n) is 13.4. The monoisotopic (exact) mass is 1160 g/mol. The minimum Gasteiger partial charge on any atom is -0.491 e. The summed E-state index contributed by atoms with van der Waals surface area (Å²) in [7, 11) is 3.32. The third kappa shape index (κ3) is 22.0. The highest BCUT2D eigenvalue weighted by Gasteiger charge is 2.57. The number of likely N-dealkylation sites (N-methyl/N-ethyl adjacent to an activating group) is 2. The van der Waals surface area contributed by atoms with Gasteiger partial charge in [0.15, 0.2) is 6.29 Å². The fourth-order valence-corrected chi connectivity index (χ4v) is 9.96. The van der Waals surface area contributed by atoms with Gasteiger partial charge in [0.1, 0.15) is 63.8 Å². The van der Waals surface area contributed by atoms with E-state index >= 15 is 0 Å². The largest absolute Gasteiger partial charge is 0.491 e. The molecule has 26 heteroatoms. The molecule has 0 bridgehead atoms. The van der Waals surface area contributed by atoms with Crippen LogP contribution in [0.5, 0.6) is 0 Å². The molecule has 0 spiro atoms. The van der Waals surface area contributed by atoms with Crippen molar-refractivity contribution in [1.29, 1.82) is 0 Å². The first kappa shape index (κ1) is 68.5. The zero-order valence-electron chi connectivity index (χ0n) is 51.1. The number of ether oxygens (including phenoxy) is 8. The number of piperazine rings is 1. The molecule has 26 nitrogen and oxygen atoms in total. The SMILES string of the molecule is CN1CCN(C(=O)OC(C)(C)C)CC1CCNCC1=CC[C@@H](NC(=O)OC(C)(C)C)C([C@H]2[C@H](O)[C@@H](O[C@H]3OC[C@](C)(O)[C@H](N(C)C(=O)OC(C)(C)C)[C@H]3O)[C@H](NC(=O)[C@@H](O)CCNC(=O)OC(C)(C)C)C[C@@H]2NC(=O)OC(C)(C)C)O1. The fraction of sp³-hybridized carbons (Fsp3) is 0.855. The van der Waals surface area contributed by atoms with Crippen LogP contribution in [0.4, 0.5) is 24.0 Å². The molecule has 0 aromatic carbocycles. The van der Waals surface area contributed by atoms with Gasteiger partial charge in [-0.1, -0.05) is 0 Å². The normalized spacial score (nSPS) is 29.1. The molecule has 2 saturated heterocycles. The molecule has 2 unspecified atom stereocenters. The molecule has 13 atom stereocenters. The van der Waals surface area contributed by atoms with Gasteiger partial charge in [-0.3, -0.25) is 9.69 Å². The number of amides is 6. The minimum absolute atomic E-state index is 0.00147. The summed E-state index contributed by atoms with van der Waals surface area (Å²) in [6.45, 7) is 28.4. The average Bonchev–Trinajstić information content (AvgIpc) is 3.33. The molecule has 0 radical (unpaired) electrons. The molecule has 4 rings (SSSR count). The van der Waals surface area contributed by atoms with E-state index in [-0.39, 0.29) is 44.5 Å². The van der Waals surface area contributed by atoms with E-state index in [0.717, 1.165) is 4.90 Å². The van der Waals surface area contributed by atoms with Gasteiger partial charge in [0.25, 0.3) is 0 Å². The molecular weight excluding hydrogens is 1060 g/mol. The van der Waals surface area contributed by atoms with Crippen molar-refractivity contribution in [3.63, 3.8) is 0 Å². The van der Waals surface area contributed by atoms with E-state index < -0.39 is 137 Å². The van der Waals surface area contributed by atoms with Gasteiger partial charge in [0.05, 0.1) is 37.4 Å². The van der Waals surface area contributed by atoms with Crippen LogP contribution in [0, 0.1) is 5.92 Å². The second-order valence-electron chi connectivity index (χ2n) is 26.8. The summed E-state index contributed by atoms with van der Waals surface area (Å²) in [6.07, 6.45) is -11.7. The highest BCUT2D eigenvalue weighted by atomic mass is 16.7. The quantitative estimate of drug-likeness (QED) is 0.0791. The molecule has 81 heavy (non-hydrogen) atoms. The Labute approximate surface area is 478 Å². The molecule has 1 saturated carbocycles. The molecule has 0 aromatic heterocycles. The molecule has 3 aliphatic heterocycles. The van der Waals surface area contributed by atoms with Crippen molar-refractivity contribution in [3.05, 3.63) is 11.8 Å². The van der Waals surface area contributed by atoms with Crippen LogP contribution in [0.25, 0.3) is 0 Å². The van der Waals surface area contributed by atoms with Crippen molar-refractivity contribution >= 4 is 36.4 Å². The molecule has 9 N–H and O–H groups in total. The second kappa shape index (κ2) is 27.6. The summed E-state index contributed by atoms with van der Waals surface area (Å²) < 4.78 is 47.2. The standard InChI is InChI=1S/C55H98N8O18/c1-50(2,3)77-45(68)57-24-22-36(64)43(67)58-35-27-34(60-47(70)79-52(7,8)9)37(38(65)41(35)76-44-39(66)42(55(16,73)30-74-44)62(18)48(71)80-53(10,11)12)40-33(59-46(69)78-51(4,5)6)20-19-32(75-40)28-56-23-21-31-29-63(26-25-61(31)17)49(72)81-54(13,14)15/h19,31,33-42,44,56,64-66,73H,20-30H2,1-18H3,(H,57,68)(H,58,67)(H,59,69)(H,60,70)/t31?,33-,34+,35-,36+,37-,38+,39-,40?,41+,42-,44-,55+/m1/s1. The number of aliphatic hydroxyl groups is 4. The van der Waals surface area contributed by atoms with Gasteiger partial charge in [-0.2, -0.15) is 0 Å². The Kier molecular flexibility index (Phi) is 23.4. The molecule has 3 heterocycles. The van der Waals surface area contributed by atoms with Crippen LogP contribution in [-0.4, -0.2) is 232 Å². The summed E-state index contributed by atoms with van der Waals surface area (Å²) in [5.41, 5.74) is -6.25. The number of carbonyl (C=O) groups is 6. The van der Waals surface area contributed by atoms with Gasteiger partial charge in [-0.25, -0.2) is 24.0 Å². The lowest BCUT2D eigenvalue weighted by Crippen LogP contribution is -2.71. The van der Waals surface area contributed by atoms with Gasteiger partial charge < -0.3 is 94.7 Å². The summed E-state index contributed by atoms with van der Waals surface area (Å²) in [6, 6.07) is -4.89. The number of nitrogens with one attached hydrogen (secondary N) is 5. The van der Waals surface area contributed by atoms with Crippen LogP contribution in [0.1, 0.15) is 136 Å². The Bertz CT molecular complexity index is 2170. The van der Waals surface area contributed by atoms with E-state index in [2.05, 4.69) is 31.5 Å². The van der Waals surface area contributed by atoms with Crippen LogP contribution >= 0.6 is 0 Å². The number of hydrogen-bond donors (Lipinski definition) is 9. The lowest BCUT2D eigenvalue weighted by atomic mass is 9.72. The van der Waals surface area contributed by atoms with Crippen molar-refractivity contribution in [1.82, 2.24) is 41.3 Å². The summed E-state index contributed by atoms with van der Waals surface area (Å²) >= 11 is 0. The third-order valence-corrected chi connectivity index (χ3v) is 13.4.